The zero-order chi connectivity index (χ0) is 21.5. The zero-order valence-electron chi connectivity index (χ0n) is 16.6. The third-order valence-corrected chi connectivity index (χ3v) is 6.31. The van der Waals surface area contributed by atoms with Crippen LogP contribution in [0.4, 0.5) is 24.7 Å². The molecule has 1 saturated heterocycles. The maximum absolute atomic E-state index is 13.1. The number of amides is 1. The Hall–Kier alpha value is -2.68. The van der Waals surface area contributed by atoms with Crippen molar-refractivity contribution in [3.63, 3.8) is 0 Å². The Kier molecular flexibility index (Phi) is 5.40. The molecule has 2 aromatic heterocycles. The lowest BCUT2D eigenvalue weighted by molar-refractivity contribution is -0.137. The maximum atomic E-state index is 13.1. The van der Waals surface area contributed by atoms with Crippen LogP contribution in [-0.2, 0) is 6.18 Å². The van der Waals surface area contributed by atoms with Crippen LogP contribution < -0.4 is 10.2 Å². The lowest BCUT2D eigenvalue weighted by Gasteiger charge is -2.32. The van der Waals surface area contributed by atoms with E-state index in [1.807, 2.05) is 6.92 Å². The summed E-state index contributed by atoms with van der Waals surface area (Å²) in [7, 11) is 0. The molecule has 4 rings (SSSR count). The van der Waals surface area contributed by atoms with Gasteiger partial charge in [-0.05, 0) is 49.9 Å². The van der Waals surface area contributed by atoms with Crippen LogP contribution in [-0.4, -0.2) is 29.0 Å². The summed E-state index contributed by atoms with van der Waals surface area (Å²) in [6, 6.07) is 4.43. The second-order valence-corrected chi connectivity index (χ2v) is 8.84. The number of aromatic nitrogens is 2. The number of carbonyl (C=O) groups excluding carboxylic acids is 1. The summed E-state index contributed by atoms with van der Waals surface area (Å²) in [6.45, 7) is 5.77. The van der Waals surface area contributed by atoms with E-state index in [0.717, 1.165) is 53.6 Å². The highest BCUT2D eigenvalue weighted by molar-refractivity contribution is 7.19. The number of rotatable bonds is 3. The van der Waals surface area contributed by atoms with Gasteiger partial charge in [-0.3, -0.25) is 4.79 Å². The van der Waals surface area contributed by atoms with Gasteiger partial charge < -0.3 is 10.2 Å². The van der Waals surface area contributed by atoms with E-state index in [4.69, 9.17) is 0 Å². The summed E-state index contributed by atoms with van der Waals surface area (Å²) >= 11 is 1.42. The van der Waals surface area contributed by atoms with Crippen molar-refractivity contribution >= 4 is 39.0 Å². The molecule has 158 valence electrons. The van der Waals surface area contributed by atoms with Crippen molar-refractivity contribution in [2.75, 3.05) is 23.3 Å². The summed E-state index contributed by atoms with van der Waals surface area (Å²) in [5.74, 6) is 0.904. The van der Waals surface area contributed by atoms with Crippen LogP contribution in [0.25, 0.3) is 10.2 Å². The minimum atomic E-state index is -4.42. The lowest BCUT2D eigenvalue weighted by atomic mass is 10.00. The Morgan fingerprint density at radius 1 is 1.23 bits per heavy atom. The van der Waals surface area contributed by atoms with Crippen LogP contribution in [0.1, 0.15) is 40.6 Å². The molecule has 9 heteroatoms. The van der Waals surface area contributed by atoms with Crippen molar-refractivity contribution in [3.05, 3.63) is 46.6 Å². The van der Waals surface area contributed by atoms with Crippen LogP contribution in [0.5, 0.6) is 0 Å². The number of piperidine rings is 1. The van der Waals surface area contributed by atoms with Gasteiger partial charge in [0.05, 0.1) is 16.5 Å². The first-order valence-corrected chi connectivity index (χ1v) is 10.5. The lowest BCUT2D eigenvalue weighted by Crippen LogP contribution is -2.35. The number of carbonyl (C=O) groups is 1. The molecule has 30 heavy (non-hydrogen) atoms. The van der Waals surface area contributed by atoms with Gasteiger partial charge in [0.1, 0.15) is 17.0 Å². The average molecular weight is 434 g/mol. The number of hydrogen-bond acceptors (Lipinski definition) is 5. The number of hydrogen-bond donors (Lipinski definition) is 1. The van der Waals surface area contributed by atoms with Crippen molar-refractivity contribution in [1.29, 1.82) is 0 Å². The molecule has 0 radical (unpaired) electrons. The van der Waals surface area contributed by atoms with Crippen molar-refractivity contribution in [2.45, 2.75) is 32.9 Å². The predicted octanol–water partition coefficient (Wildman–Crippen LogP) is 5.51. The number of thiophene rings is 1. The highest BCUT2D eigenvalue weighted by Gasteiger charge is 2.30. The third kappa shape index (κ3) is 3.98. The molecular weight excluding hydrogens is 413 g/mol. The fourth-order valence-electron chi connectivity index (χ4n) is 3.86. The number of nitrogens with one attached hydrogen (secondary N) is 1. The molecule has 5 nitrogen and oxygen atoms in total. The van der Waals surface area contributed by atoms with Crippen molar-refractivity contribution in [3.8, 4) is 0 Å². The van der Waals surface area contributed by atoms with Gasteiger partial charge >= 0.3 is 6.18 Å². The molecular formula is C21H21F3N4OS. The molecule has 1 aliphatic heterocycles. The third-order valence-electron chi connectivity index (χ3n) is 5.30. The van der Waals surface area contributed by atoms with Crippen molar-refractivity contribution < 1.29 is 18.0 Å². The van der Waals surface area contributed by atoms with Gasteiger partial charge in [0.25, 0.3) is 5.91 Å². The van der Waals surface area contributed by atoms with Crippen LogP contribution >= 0.6 is 11.3 Å². The van der Waals surface area contributed by atoms with Crippen LogP contribution in [0.3, 0.4) is 0 Å². The predicted molar refractivity (Wildman–Crippen MR) is 112 cm³/mol. The second-order valence-electron chi connectivity index (χ2n) is 7.63. The molecule has 1 N–H and O–H groups in total. The molecule has 1 atom stereocenters. The molecule has 0 aliphatic carbocycles. The minimum Gasteiger partial charge on any atom is -0.356 e. The van der Waals surface area contributed by atoms with E-state index in [1.165, 1.54) is 29.8 Å². The topological polar surface area (TPSA) is 58.1 Å². The Morgan fingerprint density at radius 2 is 1.97 bits per heavy atom. The van der Waals surface area contributed by atoms with Crippen molar-refractivity contribution in [2.24, 2.45) is 5.92 Å². The maximum Gasteiger partial charge on any atom is 0.416 e. The number of halogens is 3. The Labute approximate surface area is 175 Å². The molecule has 1 aliphatic rings. The van der Waals surface area contributed by atoms with E-state index in [0.29, 0.717) is 22.6 Å². The van der Waals surface area contributed by atoms with Gasteiger partial charge in [0, 0.05) is 23.7 Å². The van der Waals surface area contributed by atoms with Gasteiger partial charge in [0.2, 0.25) is 0 Å². The highest BCUT2D eigenvalue weighted by atomic mass is 32.1. The quantitative estimate of drug-likeness (QED) is 0.591. The van der Waals surface area contributed by atoms with Crippen LogP contribution in [0.2, 0.25) is 0 Å². The smallest absolute Gasteiger partial charge is 0.356 e. The standard InChI is InChI=1S/C21H21F3N4OS/c1-12-4-3-9-28(10-12)18-17-16(13(2)30-20(17)26-11-25-18)19(29)27-15-7-5-14(6-8-15)21(22,23)24/h5-8,11-12H,3-4,9-10H2,1-2H3,(H,27,29)/t12-/m0/s1. The monoisotopic (exact) mass is 434 g/mol. The normalized spacial score (nSPS) is 17.4. The van der Waals surface area contributed by atoms with Gasteiger partial charge in [-0.25, -0.2) is 9.97 Å². The Morgan fingerprint density at radius 3 is 2.63 bits per heavy atom. The number of fused-ring (bicyclic) bond motifs is 1. The van der Waals surface area contributed by atoms with E-state index < -0.39 is 11.7 Å². The molecule has 1 amide bonds. The van der Waals surface area contributed by atoms with Gasteiger partial charge in [-0.2, -0.15) is 13.2 Å². The Bertz CT molecular complexity index is 1080. The molecule has 0 bridgehead atoms. The van der Waals surface area contributed by atoms with E-state index in [1.54, 1.807) is 0 Å². The number of anilines is 2. The molecule has 1 fully saturated rings. The second kappa shape index (κ2) is 7.86. The first-order chi connectivity index (χ1) is 14.2. The van der Waals surface area contributed by atoms with E-state index >= 15 is 0 Å². The number of aryl methyl sites for hydroxylation is 1. The highest BCUT2D eigenvalue weighted by Crippen LogP contribution is 2.37. The molecule has 3 aromatic rings. The molecule has 1 aromatic carbocycles. The summed E-state index contributed by atoms with van der Waals surface area (Å²) in [6.07, 6.45) is -0.678. The summed E-state index contributed by atoms with van der Waals surface area (Å²) in [5.41, 5.74) is 0.0213. The first-order valence-electron chi connectivity index (χ1n) is 9.71. The van der Waals surface area contributed by atoms with Gasteiger partial charge in [0.15, 0.2) is 0 Å². The number of benzene rings is 1. The molecule has 0 spiro atoms. The molecule has 3 heterocycles. The van der Waals surface area contributed by atoms with Crippen LogP contribution in [0, 0.1) is 12.8 Å². The summed E-state index contributed by atoms with van der Waals surface area (Å²) in [4.78, 5) is 25.6. The summed E-state index contributed by atoms with van der Waals surface area (Å²) in [5, 5.41) is 3.43. The van der Waals surface area contributed by atoms with Gasteiger partial charge in [-0.15, -0.1) is 11.3 Å². The van der Waals surface area contributed by atoms with E-state index in [2.05, 4.69) is 27.1 Å². The van der Waals surface area contributed by atoms with Crippen LogP contribution in [0.15, 0.2) is 30.6 Å². The first kappa shape index (κ1) is 20.6. The summed E-state index contributed by atoms with van der Waals surface area (Å²) < 4.78 is 38.3. The fourth-order valence-corrected chi connectivity index (χ4v) is 4.84. The zero-order valence-corrected chi connectivity index (χ0v) is 17.4. The average Bonchev–Trinajstić information content (AvgIpc) is 3.03. The number of alkyl halides is 3. The minimum absolute atomic E-state index is 0.303. The van der Waals surface area contributed by atoms with E-state index in [9.17, 15) is 18.0 Å². The molecule has 0 unspecified atom stereocenters. The fraction of sp³-hybridized carbons (Fsp3) is 0.381. The van der Waals surface area contributed by atoms with E-state index in [-0.39, 0.29) is 5.91 Å². The Balaban J connectivity index is 1.68. The van der Waals surface area contributed by atoms with Crippen molar-refractivity contribution in [1.82, 2.24) is 9.97 Å². The van der Waals surface area contributed by atoms with Gasteiger partial charge in [-0.1, -0.05) is 6.92 Å². The number of nitrogens with zero attached hydrogens (tertiary/aromatic N) is 3. The molecule has 0 saturated carbocycles. The SMILES string of the molecule is Cc1sc2ncnc(N3CCC[C@H](C)C3)c2c1C(=O)Nc1ccc(C(F)(F)F)cc1. The largest absolute Gasteiger partial charge is 0.416 e.